The number of nitrogens with one attached hydrogen (secondary N) is 2. The molecule has 1 fully saturated rings. The van der Waals surface area contributed by atoms with Crippen LogP contribution in [0.3, 0.4) is 0 Å². The molecule has 21 heavy (non-hydrogen) atoms. The van der Waals surface area contributed by atoms with Gasteiger partial charge in [-0.05, 0) is 49.2 Å². The second-order valence-electron chi connectivity index (χ2n) is 5.07. The Hall–Kier alpha value is -1.24. The lowest BCUT2D eigenvalue weighted by molar-refractivity contribution is 0.660. The molecule has 0 spiro atoms. The smallest absolute Gasteiger partial charge is 0.310 e. The van der Waals surface area contributed by atoms with Crippen LogP contribution in [0.25, 0.3) is 0 Å². The molecule has 1 saturated carbocycles. The zero-order valence-corrected chi connectivity index (χ0v) is 13.3. The maximum absolute atomic E-state index is 11.5. The van der Waals surface area contributed by atoms with E-state index in [4.69, 9.17) is 11.6 Å². The first-order valence-electron chi connectivity index (χ1n) is 7.02. The van der Waals surface area contributed by atoms with Crippen molar-refractivity contribution in [3.63, 3.8) is 0 Å². The molecule has 0 unspecified atom stereocenters. The van der Waals surface area contributed by atoms with Crippen LogP contribution in [-0.4, -0.2) is 20.8 Å². The summed E-state index contributed by atoms with van der Waals surface area (Å²) >= 11 is 7.76. The lowest BCUT2D eigenvalue weighted by Crippen LogP contribution is -2.16. The molecule has 2 aromatic rings. The summed E-state index contributed by atoms with van der Waals surface area (Å²) in [5.74, 6) is 0. The summed E-state index contributed by atoms with van der Waals surface area (Å²) < 4.78 is 1.60. The molecule has 5 nitrogen and oxygen atoms in total. The molecule has 7 heteroatoms. The number of rotatable bonds is 6. The van der Waals surface area contributed by atoms with Gasteiger partial charge in [-0.2, -0.15) is 0 Å². The molecule has 1 aliphatic rings. The fourth-order valence-electron chi connectivity index (χ4n) is 2.04. The van der Waals surface area contributed by atoms with Crippen LogP contribution >= 0.6 is 23.4 Å². The zero-order valence-electron chi connectivity index (χ0n) is 11.7. The maximum atomic E-state index is 11.5. The van der Waals surface area contributed by atoms with Gasteiger partial charge in [0.15, 0.2) is 5.16 Å². The normalized spacial score (nSPS) is 14.6. The second kappa shape index (κ2) is 6.25. The van der Waals surface area contributed by atoms with Crippen molar-refractivity contribution in [3.05, 3.63) is 39.3 Å². The van der Waals surface area contributed by atoms with Gasteiger partial charge in [-0.25, -0.2) is 9.89 Å². The van der Waals surface area contributed by atoms with Crippen molar-refractivity contribution in [2.24, 2.45) is 0 Å². The molecular weight excluding hydrogens is 308 g/mol. The van der Waals surface area contributed by atoms with Gasteiger partial charge < -0.3 is 5.32 Å². The minimum atomic E-state index is -0.184. The summed E-state index contributed by atoms with van der Waals surface area (Å²) in [6.07, 6.45) is 2.53. The average molecular weight is 325 g/mol. The lowest BCUT2D eigenvalue weighted by atomic mass is 10.2. The Morgan fingerprint density at radius 2 is 2.33 bits per heavy atom. The molecule has 1 heterocycles. The molecule has 3 rings (SSSR count). The van der Waals surface area contributed by atoms with Crippen LogP contribution < -0.4 is 11.0 Å². The number of aromatic amines is 1. The number of benzene rings is 1. The lowest BCUT2D eigenvalue weighted by Gasteiger charge is -2.08. The Bertz CT molecular complexity index is 693. The van der Waals surface area contributed by atoms with Gasteiger partial charge in [-0.15, -0.1) is 5.10 Å². The molecule has 112 valence electrons. The van der Waals surface area contributed by atoms with Crippen LogP contribution in [0.5, 0.6) is 0 Å². The Balaban J connectivity index is 1.73. The third kappa shape index (κ3) is 3.51. The first-order chi connectivity index (χ1) is 10.2. The summed E-state index contributed by atoms with van der Waals surface area (Å²) in [5, 5.41) is 11.4. The van der Waals surface area contributed by atoms with Crippen LogP contribution in [0.4, 0.5) is 0 Å². The summed E-state index contributed by atoms with van der Waals surface area (Å²) in [7, 11) is 0. The van der Waals surface area contributed by atoms with E-state index >= 15 is 0 Å². The van der Waals surface area contributed by atoms with E-state index in [0.717, 1.165) is 22.0 Å². The molecule has 0 saturated heterocycles. The molecule has 2 N–H and O–H groups in total. The summed E-state index contributed by atoms with van der Waals surface area (Å²) in [6.45, 7) is 3.31. The van der Waals surface area contributed by atoms with E-state index in [-0.39, 0.29) is 5.69 Å². The Morgan fingerprint density at radius 1 is 1.52 bits per heavy atom. The highest BCUT2D eigenvalue weighted by molar-refractivity contribution is 7.99. The minimum Gasteiger partial charge on any atom is -0.310 e. The predicted molar refractivity (Wildman–Crippen MR) is 84.0 cm³/mol. The standard InChI is InChI=1S/C14H17ClN4OS/c1-2-19-13(20)17-18-14(19)21-11-6-3-9(12(15)7-11)8-16-10-4-5-10/h3,6-7,10,16H,2,4-5,8H2,1H3,(H,17,20). The Labute approximate surface area is 132 Å². The molecule has 0 radical (unpaired) electrons. The number of hydrogen-bond donors (Lipinski definition) is 2. The van der Waals surface area contributed by atoms with E-state index in [0.29, 0.717) is 17.7 Å². The zero-order chi connectivity index (χ0) is 14.8. The molecule has 0 bridgehead atoms. The van der Waals surface area contributed by atoms with Crippen molar-refractivity contribution in [1.29, 1.82) is 0 Å². The van der Waals surface area contributed by atoms with Gasteiger partial charge in [0.25, 0.3) is 0 Å². The first-order valence-corrected chi connectivity index (χ1v) is 8.21. The highest BCUT2D eigenvalue weighted by Crippen LogP contribution is 2.29. The van der Waals surface area contributed by atoms with Crippen LogP contribution in [-0.2, 0) is 13.1 Å². The highest BCUT2D eigenvalue weighted by Gasteiger charge is 2.20. The van der Waals surface area contributed by atoms with E-state index in [1.165, 1.54) is 24.6 Å². The van der Waals surface area contributed by atoms with E-state index in [1.807, 2.05) is 25.1 Å². The van der Waals surface area contributed by atoms with Crippen LogP contribution in [0.1, 0.15) is 25.3 Å². The van der Waals surface area contributed by atoms with Gasteiger partial charge in [-0.1, -0.05) is 17.7 Å². The van der Waals surface area contributed by atoms with E-state index < -0.39 is 0 Å². The van der Waals surface area contributed by atoms with Crippen molar-refractivity contribution in [3.8, 4) is 0 Å². The van der Waals surface area contributed by atoms with Gasteiger partial charge in [0.05, 0.1) is 0 Å². The summed E-state index contributed by atoms with van der Waals surface area (Å²) in [4.78, 5) is 12.5. The number of H-pyrrole nitrogens is 1. The van der Waals surface area contributed by atoms with Crippen molar-refractivity contribution in [1.82, 2.24) is 20.1 Å². The first kappa shape index (κ1) is 14.7. The van der Waals surface area contributed by atoms with Gasteiger partial charge in [0.2, 0.25) is 0 Å². The third-order valence-electron chi connectivity index (χ3n) is 3.43. The largest absolute Gasteiger partial charge is 0.343 e. The van der Waals surface area contributed by atoms with Crippen LogP contribution in [0.2, 0.25) is 5.02 Å². The fraction of sp³-hybridized carbons (Fsp3) is 0.429. The predicted octanol–water partition coefficient (Wildman–Crippen LogP) is 2.65. The summed E-state index contributed by atoms with van der Waals surface area (Å²) in [6, 6.07) is 6.63. The molecule has 1 aliphatic carbocycles. The van der Waals surface area contributed by atoms with Crippen molar-refractivity contribution < 1.29 is 0 Å². The van der Waals surface area contributed by atoms with Gasteiger partial charge in [0.1, 0.15) is 0 Å². The van der Waals surface area contributed by atoms with Crippen LogP contribution in [0, 0.1) is 0 Å². The maximum Gasteiger partial charge on any atom is 0.343 e. The molecule has 1 aromatic carbocycles. The van der Waals surface area contributed by atoms with Gasteiger partial charge >= 0.3 is 5.69 Å². The minimum absolute atomic E-state index is 0.184. The van der Waals surface area contributed by atoms with Crippen molar-refractivity contribution in [2.75, 3.05) is 0 Å². The topological polar surface area (TPSA) is 62.7 Å². The van der Waals surface area contributed by atoms with Crippen molar-refractivity contribution >= 4 is 23.4 Å². The number of nitrogens with zero attached hydrogens (tertiary/aromatic N) is 2. The molecule has 0 atom stereocenters. The van der Waals surface area contributed by atoms with Crippen molar-refractivity contribution in [2.45, 2.75) is 48.9 Å². The number of hydrogen-bond acceptors (Lipinski definition) is 4. The Morgan fingerprint density at radius 3 is 3.00 bits per heavy atom. The van der Waals surface area contributed by atoms with E-state index in [2.05, 4.69) is 15.5 Å². The second-order valence-corrected chi connectivity index (χ2v) is 6.51. The van der Waals surface area contributed by atoms with E-state index in [1.54, 1.807) is 4.57 Å². The average Bonchev–Trinajstić information content (AvgIpc) is 3.22. The third-order valence-corrected chi connectivity index (χ3v) is 4.77. The number of aromatic nitrogens is 3. The quantitative estimate of drug-likeness (QED) is 0.857. The number of halogens is 1. The van der Waals surface area contributed by atoms with Crippen LogP contribution in [0.15, 0.2) is 33.0 Å². The van der Waals surface area contributed by atoms with Gasteiger partial charge in [0, 0.05) is 29.0 Å². The highest BCUT2D eigenvalue weighted by atomic mass is 35.5. The van der Waals surface area contributed by atoms with E-state index in [9.17, 15) is 4.79 Å². The SMILES string of the molecule is CCn1c(Sc2ccc(CNC3CC3)c(Cl)c2)n[nH]c1=O. The molecule has 0 aliphatic heterocycles. The molecule has 1 aromatic heterocycles. The van der Waals surface area contributed by atoms with Gasteiger partial charge in [-0.3, -0.25) is 4.57 Å². The fourth-order valence-corrected chi connectivity index (χ4v) is 3.29. The monoisotopic (exact) mass is 324 g/mol. The Kier molecular flexibility index (Phi) is 4.37. The molecule has 0 amide bonds. The summed E-state index contributed by atoms with van der Waals surface area (Å²) in [5.41, 5.74) is 0.916. The molecular formula is C14H17ClN4OS.